The minimum atomic E-state index is -0.103. The largest absolute Gasteiger partial charge is 0.493 e. The Bertz CT molecular complexity index is 1060. The molecule has 0 amide bonds. The van der Waals surface area contributed by atoms with Gasteiger partial charge in [0.2, 0.25) is 5.75 Å². The summed E-state index contributed by atoms with van der Waals surface area (Å²) in [6, 6.07) is 19.5. The van der Waals surface area contributed by atoms with Crippen molar-refractivity contribution in [1.29, 1.82) is 0 Å². The maximum absolute atomic E-state index is 6.64. The van der Waals surface area contributed by atoms with Crippen molar-refractivity contribution in [1.82, 2.24) is 5.32 Å². The Morgan fingerprint density at radius 1 is 0.967 bits per heavy atom. The molecule has 1 aliphatic heterocycles. The molecule has 1 atom stereocenters. The van der Waals surface area contributed by atoms with Gasteiger partial charge in [0.05, 0.1) is 14.2 Å². The molecule has 1 heterocycles. The van der Waals surface area contributed by atoms with Crippen molar-refractivity contribution in [3.8, 4) is 17.2 Å². The monoisotopic (exact) mass is 403 g/mol. The van der Waals surface area contributed by atoms with E-state index in [1.165, 1.54) is 29.2 Å². The van der Waals surface area contributed by atoms with Crippen molar-refractivity contribution in [2.75, 3.05) is 14.2 Å². The van der Waals surface area contributed by atoms with Crippen LogP contribution in [0.3, 0.4) is 0 Å². The van der Waals surface area contributed by atoms with Crippen LogP contribution in [0.1, 0.15) is 49.3 Å². The molecule has 1 spiro atoms. The molecule has 3 aromatic rings. The van der Waals surface area contributed by atoms with Gasteiger partial charge in [-0.15, -0.1) is 0 Å². The Morgan fingerprint density at radius 3 is 2.53 bits per heavy atom. The summed E-state index contributed by atoms with van der Waals surface area (Å²) in [6.45, 7) is 0.819. The van der Waals surface area contributed by atoms with Crippen LogP contribution in [0.2, 0.25) is 0 Å². The van der Waals surface area contributed by atoms with Crippen LogP contribution >= 0.6 is 0 Å². The molecule has 0 saturated heterocycles. The quantitative estimate of drug-likeness (QED) is 0.586. The van der Waals surface area contributed by atoms with Crippen molar-refractivity contribution >= 4 is 10.8 Å². The minimum Gasteiger partial charge on any atom is -0.493 e. The molecule has 1 aliphatic carbocycles. The maximum atomic E-state index is 6.64. The number of hydrogen-bond acceptors (Lipinski definition) is 4. The van der Waals surface area contributed by atoms with Crippen molar-refractivity contribution < 1.29 is 14.2 Å². The Hall–Kier alpha value is -2.72. The third-order valence-corrected chi connectivity index (χ3v) is 6.68. The predicted molar refractivity (Wildman–Crippen MR) is 120 cm³/mol. The van der Waals surface area contributed by atoms with Crippen molar-refractivity contribution in [3.63, 3.8) is 0 Å². The van der Waals surface area contributed by atoms with Gasteiger partial charge in [0.15, 0.2) is 11.5 Å². The first kappa shape index (κ1) is 19.3. The van der Waals surface area contributed by atoms with Crippen LogP contribution < -0.4 is 19.5 Å². The van der Waals surface area contributed by atoms with Crippen LogP contribution in [0.15, 0.2) is 54.6 Å². The summed E-state index contributed by atoms with van der Waals surface area (Å²) in [6.07, 6.45) is 5.63. The summed E-state index contributed by atoms with van der Waals surface area (Å²) >= 11 is 0. The molecule has 0 aromatic heterocycles. The smallest absolute Gasteiger partial charge is 0.203 e. The van der Waals surface area contributed by atoms with E-state index in [9.17, 15) is 0 Å². The predicted octanol–water partition coefficient (Wildman–Crippen LogP) is 5.78. The SMILES string of the molecule is COc1ccc2c(c1OC)OC1(CCCC1)CC2NCc1ccc2ccccc2c1. The lowest BCUT2D eigenvalue weighted by Gasteiger charge is -2.41. The van der Waals surface area contributed by atoms with Crippen molar-refractivity contribution in [3.05, 3.63) is 65.7 Å². The number of ether oxygens (including phenoxy) is 3. The Kier molecular flexibility index (Phi) is 5.03. The fourth-order valence-corrected chi connectivity index (χ4v) is 5.13. The number of nitrogens with one attached hydrogen (secondary N) is 1. The van der Waals surface area contributed by atoms with Crippen LogP contribution in [0.4, 0.5) is 0 Å². The van der Waals surface area contributed by atoms with Gasteiger partial charge in [-0.2, -0.15) is 0 Å². The zero-order chi connectivity index (χ0) is 20.6. The number of methoxy groups -OCH3 is 2. The highest BCUT2D eigenvalue weighted by atomic mass is 16.5. The molecule has 1 unspecified atom stereocenters. The molecule has 1 N–H and O–H groups in total. The van der Waals surface area contributed by atoms with E-state index in [1.54, 1.807) is 14.2 Å². The lowest BCUT2D eigenvalue weighted by Crippen LogP contribution is -2.42. The van der Waals surface area contributed by atoms with Gasteiger partial charge in [0, 0.05) is 24.6 Å². The average molecular weight is 404 g/mol. The number of benzene rings is 3. The second kappa shape index (κ2) is 7.84. The van der Waals surface area contributed by atoms with E-state index in [-0.39, 0.29) is 11.6 Å². The highest BCUT2D eigenvalue weighted by Crippen LogP contribution is 2.52. The fraction of sp³-hybridized carbons (Fsp3) is 0.385. The lowest BCUT2D eigenvalue weighted by atomic mass is 9.85. The zero-order valence-corrected chi connectivity index (χ0v) is 17.7. The van der Waals surface area contributed by atoms with Crippen LogP contribution in [-0.4, -0.2) is 19.8 Å². The first-order valence-corrected chi connectivity index (χ1v) is 10.9. The van der Waals surface area contributed by atoms with Crippen LogP contribution in [-0.2, 0) is 6.54 Å². The first-order valence-electron chi connectivity index (χ1n) is 10.9. The van der Waals surface area contributed by atoms with E-state index in [0.717, 1.165) is 42.9 Å². The molecule has 2 aliphatic rings. The van der Waals surface area contributed by atoms with Gasteiger partial charge in [-0.05, 0) is 60.2 Å². The number of hydrogen-bond donors (Lipinski definition) is 1. The van der Waals surface area contributed by atoms with Gasteiger partial charge in [0.25, 0.3) is 0 Å². The van der Waals surface area contributed by atoms with Gasteiger partial charge in [-0.3, -0.25) is 0 Å². The second-order valence-electron chi connectivity index (χ2n) is 8.53. The van der Waals surface area contributed by atoms with E-state index in [1.807, 2.05) is 6.07 Å². The third-order valence-electron chi connectivity index (χ3n) is 6.68. The van der Waals surface area contributed by atoms with E-state index in [2.05, 4.69) is 53.8 Å². The van der Waals surface area contributed by atoms with E-state index < -0.39 is 0 Å². The molecule has 5 rings (SSSR count). The Morgan fingerprint density at radius 2 is 1.77 bits per heavy atom. The lowest BCUT2D eigenvalue weighted by molar-refractivity contribution is 0.0329. The summed E-state index contributed by atoms with van der Waals surface area (Å²) in [5.41, 5.74) is 2.35. The average Bonchev–Trinajstić information content (AvgIpc) is 3.23. The molecule has 4 heteroatoms. The zero-order valence-electron chi connectivity index (χ0n) is 17.7. The van der Waals surface area contributed by atoms with E-state index in [0.29, 0.717) is 5.75 Å². The number of fused-ring (bicyclic) bond motifs is 2. The molecule has 1 saturated carbocycles. The van der Waals surface area contributed by atoms with Crippen LogP contribution in [0, 0.1) is 0 Å². The molecular weight excluding hydrogens is 374 g/mol. The Labute approximate surface area is 178 Å². The van der Waals surface area contributed by atoms with Gasteiger partial charge in [0.1, 0.15) is 5.60 Å². The van der Waals surface area contributed by atoms with Gasteiger partial charge >= 0.3 is 0 Å². The summed E-state index contributed by atoms with van der Waals surface area (Å²) in [5, 5.41) is 6.38. The van der Waals surface area contributed by atoms with Gasteiger partial charge in [-0.25, -0.2) is 0 Å². The molecule has 156 valence electrons. The molecule has 0 radical (unpaired) electrons. The number of rotatable bonds is 5. The molecule has 30 heavy (non-hydrogen) atoms. The molecule has 4 nitrogen and oxygen atoms in total. The standard InChI is InChI=1S/C26H29NO3/c1-28-23-12-11-21-22(16-26(13-5-6-14-26)30-24(21)25(23)29-2)27-17-18-9-10-19-7-3-4-8-20(19)15-18/h3-4,7-12,15,22,27H,5-6,13-14,16-17H2,1-2H3. The van der Waals surface area contributed by atoms with Crippen molar-refractivity contribution in [2.24, 2.45) is 0 Å². The maximum Gasteiger partial charge on any atom is 0.203 e. The van der Waals surface area contributed by atoms with Crippen LogP contribution in [0.5, 0.6) is 17.2 Å². The topological polar surface area (TPSA) is 39.7 Å². The molecule has 0 bridgehead atoms. The third kappa shape index (κ3) is 3.39. The fourth-order valence-electron chi connectivity index (χ4n) is 5.13. The van der Waals surface area contributed by atoms with Crippen molar-refractivity contribution in [2.45, 2.75) is 50.3 Å². The summed E-state index contributed by atoms with van der Waals surface area (Å²) in [4.78, 5) is 0. The second-order valence-corrected chi connectivity index (χ2v) is 8.53. The summed E-state index contributed by atoms with van der Waals surface area (Å²) in [5.74, 6) is 2.28. The minimum absolute atomic E-state index is 0.103. The van der Waals surface area contributed by atoms with Gasteiger partial charge in [-0.1, -0.05) is 36.4 Å². The highest BCUT2D eigenvalue weighted by Gasteiger charge is 2.44. The Balaban J connectivity index is 1.46. The first-order chi connectivity index (χ1) is 14.7. The van der Waals surface area contributed by atoms with Crippen LogP contribution in [0.25, 0.3) is 10.8 Å². The molecule has 1 fully saturated rings. The summed E-state index contributed by atoms with van der Waals surface area (Å²) in [7, 11) is 3.36. The van der Waals surface area contributed by atoms with Gasteiger partial charge < -0.3 is 19.5 Å². The van der Waals surface area contributed by atoms with E-state index >= 15 is 0 Å². The molecule has 3 aromatic carbocycles. The van der Waals surface area contributed by atoms with E-state index in [4.69, 9.17) is 14.2 Å². The highest BCUT2D eigenvalue weighted by molar-refractivity contribution is 5.82. The normalized spacial score (nSPS) is 19.5. The molecular formula is C26H29NO3. The summed E-state index contributed by atoms with van der Waals surface area (Å²) < 4.78 is 17.9.